The standard InChI is InChI=1S/C29H29N3O9/c1-32(2)22-17-11-14-10-16-15(12-5-4-6-13(9-12)28(39)31-41-3)7-8-18(33)20(16)23(34)19(14)25(36)29(17,40)26(37)21(24(22)35)27(30)38/h4-9,14,17,22,33-34,37,40H,10-11H2,1-3H3,(H2,30,38)(H,31,39)/t14-,17-,22?,29-/m1/s1. The van der Waals surface area contributed by atoms with E-state index in [-0.39, 0.29) is 29.7 Å². The number of carbonyl (C=O) groups excluding carboxylic acids is 4. The highest BCUT2D eigenvalue weighted by Crippen LogP contribution is 2.53. The van der Waals surface area contributed by atoms with Crippen molar-refractivity contribution in [3.05, 3.63) is 70.0 Å². The summed E-state index contributed by atoms with van der Waals surface area (Å²) in [6, 6.07) is 8.39. The second-order valence-corrected chi connectivity index (χ2v) is 10.7. The monoisotopic (exact) mass is 563 g/mol. The molecule has 12 heteroatoms. The summed E-state index contributed by atoms with van der Waals surface area (Å²) in [7, 11) is 4.38. The number of benzene rings is 2. The number of phenolic OH excluding ortho intramolecular Hbond substituents is 1. The third-order valence-corrected chi connectivity index (χ3v) is 8.23. The van der Waals surface area contributed by atoms with Crippen LogP contribution in [0.4, 0.5) is 0 Å². The third-order valence-electron chi connectivity index (χ3n) is 8.23. The molecule has 0 saturated heterocycles. The van der Waals surface area contributed by atoms with Gasteiger partial charge in [0.25, 0.3) is 11.8 Å². The highest BCUT2D eigenvalue weighted by Gasteiger charge is 2.64. The molecular weight excluding hydrogens is 534 g/mol. The number of hydrogen-bond donors (Lipinski definition) is 6. The molecule has 1 saturated carbocycles. The third kappa shape index (κ3) is 4.02. The van der Waals surface area contributed by atoms with Gasteiger partial charge in [-0.1, -0.05) is 18.2 Å². The zero-order chi connectivity index (χ0) is 30.0. The summed E-state index contributed by atoms with van der Waals surface area (Å²) < 4.78 is 0. The fourth-order valence-electron chi connectivity index (χ4n) is 6.49. The number of primary amides is 1. The van der Waals surface area contributed by atoms with Crippen molar-refractivity contribution in [3.8, 4) is 16.9 Å². The zero-order valence-electron chi connectivity index (χ0n) is 22.5. The Morgan fingerprint density at radius 3 is 2.46 bits per heavy atom. The molecule has 2 aromatic rings. The zero-order valence-corrected chi connectivity index (χ0v) is 22.5. The first-order chi connectivity index (χ1) is 19.3. The number of nitrogens with two attached hydrogens (primary N) is 1. The summed E-state index contributed by atoms with van der Waals surface area (Å²) >= 11 is 0. The van der Waals surface area contributed by atoms with Crippen LogP contribution in [0.3, 0.4) is 0 Å². The van der Waals surface area contributed by atoms with Crippen LogP contribution in [0.25, 0.3) is 16.9 Å². The lowest BCUT2D eigenvalue weighted by Crippen LogP contribution is -2.65. The van der Waals surface area contributed by atoms with Crippen LogP contribution in [-0.4, -0.2) is 81.6 Å². The van der Waals surface area contributed by atoms with Crippen LogP contribution >= 0.6 is 0 Å². The number of aliphatic hydroxyl groups excluding tert-OH is 2. The molecule has 41 heavy (non-hydrogen) atoms. The van der Waals surface area contributed by atoms with E-state index in [9.17, 15) is 39.6 Å². The van der Waals surface area contributed by atoms with Gasteiger partial charge < -0.3 is 26.2 Å². The van der Waals surface area contributed by atoms with Crippen LogP contribution in [0.15, 0.2) is 53.3 Å². The summed E-state index contributed by atoms with van der Waals surface area (Å²) in [6.45, 7) is 0. The van der Waals surface area contributed by atoms with E-state index in [1.54, 1.807) is 30.3 Å². The van der Waals surface area contributed by atoms with Crippen molar-refractivity contribution in [1.29, 1.82) is 0 Å². The van der Waals surface area contributed by atoms with Gasteiger partial charge in [0.05, 0.1) is 18.7 Å². The SMILES string of the molecule is CONC(=O)c1cccc(-c2ccc(O)c3c2C[C@@H]2C[C@@H]4C(N(C)C)C(=O)C(C(N)=O)=C(O)[C@]4(O)C(=O)C2=C3O)c1. The Labute approximate surface area is 234 Å². The van der Waals surface area contributed by atoms with Crippen molar-refractivity contribution in [2.24, 2.45) is 17.6 Å². The molecule has 0 bridgehead atoms. The highest BCUT2D eigenvalue weighted by molar-refractivity contribution is 6.24. The maximum atomic E-state index is 14.0. The molecule has 5 rings (SSSR count). The molecule has 7 N–H and O–H groups in total. The number of ketones is 2. The molecule has 2 aromatic carbocycles. The Kier molecular flexibility index (Phi) is 6.72. The minimum Gasteiger partial charge on any atom is -0.508 e. The van der Waals surface area contributed by atoms with E-state index >= 15 is 0 Å². The van der Waals surface area contributed by atoms with Crippen LogP contribution in [0.2, 0.25) is 0 Å². The van der Waals surface area contributed by atoms with E-state index in [4.69, 9.17) is 10.6 Å². The maximum Gasteiger partial charge on any atom is 0.274 e. The molecule has 0 aliphatic heterocycles. The van der Waals surface area contributed by atoms with E-state index in [1.807, 2.05) is 0 Å². The van der Waals surface area contributed by atoms with E-state index in [1.165, 1.54) is 32.2 Å². The van der Waals surface area contributed by atoms with Crippen LogP contribution in [-0.2, 0) is 25.6 Å². The second-order valence-electron chi connectivity index (χ2n) is 10.7. The Balaban J connectivity index is 1.70. The van der Waals surface area contributed by atoms with Crippen molar-refractivity contribution < 1.29 is 44.4 Å². The lowest BCUT2D eigenvalue weighted by atomic mass is 9.57. The fourth-order valence-corrected chi connectivity index (χ4v) is 6.49. The fraction of sp³-hybridized carbons (Fsp3) is 0.310. The first-order valence-corrected chi connectivity index (χ1v) is 12.8. The number of amides is 2. The average Bonchev–Trinajstić information content (AvgIpc) is 2.90. The normalized spacial score (nSPS) is 25.5. The minimum atomic E-state index is -2.71. The number of aliphatic hydroxyl groups is 3. The second kappa shape index (κ2) is 9.84. The molecular formula is C29H29N3O9. The molecule has 214 valence electrons. The lowest BCUT2D eigenvalue weighted by molar-refractivity contribution is -0.153. The number of phenols is 1. The van der Waals surface area contributed by atoms with E-state index < -0.39 is 64.0 Å². The summed E-state index contributed by atoms with van der Waals surface area (Å²) in [5, 5.41) is 44.9. The number of likely N-dealkylation sites (N-methyl/N-ethyl adjacent to an activating group) is 1. The summed E-state index contributed by atoms with van der Waals surface area (Å²) in [4.78, 5) is 57.8. The van der Waals surface area contributed by atoms with Gasteiger partial charge in [-0.2, -0.15) is 0 Å². The molecule has 0 spiro atoms. The first kappa shape index (κ1) is 28.0. The number of hydrogen-bond acceptors (Lipinski definition) is 10. The molecule has 3 aliphatic carbocycles. The number of rotatable bonds is 5. The van der Waals surface area contributed by atoms with Gasteiger partial charge in [-0.15, -0.1) is 0 Å². The van der Waals surface area contributed by atoms with Gasteiger partial charge in [0.15, 0.2) is 11.4 Å². The lowest BCUT2D eigenvalue weighted by Gasteiger charge is -2.50. The van der Waals surface area contributed by atoms with Crippen molar-refractivity contribution in [1.82, 2.24) is 10.4 Å². The highest BCUT2D eigenvalue weighted by atomic mass is 16.6. The molecule has 0 aromatic heterocycles. The molecule has 2 amide bonds. The Morgan fingerprint density at radius 1 is 1.12 bits per heavy atom. The minimum absolute atomic E-state index is 0.0306. The van der Waals surface area contributed by atoms with Gasteiger partial charge in [0, 0.05) is 17.1 Å². The molecule has 0 heterocycles. The Morgan fingerprint density at radius 2 is 1.83 bits per heavy atom. The van der Waals surface area contributed by atoms with Crippen LogP contribution < -0.4 is 11.2 Å². The molecule has 3 aliphatic rings. The molecule has 1 fully saturated rings. The van der Waals surface area contributed by atoms with Gasteiger partial charge in [-0.25, -0.2) is 5.48 Å². The molecule has 12 nitrogen and oxygen atoms in total. The summed E-state index contributed by atoms with van der Waals surface area (Å²) in [5.41, 5.74) is 5.70. The van der Waals surface area contributed by atoms with Crippen LogP contribution in [0.1, 0.15) is 27.9 Å². The summed E-state index contributed by atoms with van der Waals surface area (Å²) in [5.74, 6) is -7.64. The van der Waals surface area contributed by atoms with E-state index in [0.717, 1.165) is 0 Å². The number of nitrogens with one attached hydrogen (secondary N) is 1. The van der Waals surface area contributed by atoms with Crippen molar-refractivity contribution in [2.45, 2.75) is 24.5 Å². The van der Waals surface area contributed by atoms with Gasteiger partial charge in [0.2, 0.25) is 5.78 Å². The van der Waals surface area contributed by atoms with Gasteiger partial charge in [-0.3, -0.25) is 28.9 Å². The predicted octanol–water partition coefficient (Wildman–Crippen LogP) is 0.922. The average molecular weight is 564 g/mol. The van der Waals surface area contributed by atoms with E-state index in [2.05, 4.69) is 5.48 Å². The Bertz CT molecular complexity index is 1590. The maximum absolute atomic E-state index is 14.0. The first-order valence-electron chi connectivity index (χ1n) is 12.8. The predicted molar refractivity (Wildman–Crippen MR) is 144 cm³/mol. The molecule has 1 unspecified atom stereocenters. The van der Waals surface area contributed by atoms with Gasteiger partial charge in [-0.05, 0) is 67.7 Å². The number of nitrogens with zero attached hydrogens (tertiary/aromatic N) is 1. The van der Waals surface area contributed by atoms with E-state index in [0.29, 0.717) is 22.3 Å². The van der Waals surface area contributed by atoms with Crippen molar-refractivity contribution >= 4 is 29.1 Å². The Hall–Kier alpha value is -4.52. The quantitative estimate of drug-likeness (QED) is 0.225. The van der Waals surface area contributed by atoms with Crippen LogP contribution in [0, 0.1) is 11.8 Å². The van der Waals surface area contributed by atoms with Crippen molar-refractivity contribution in [2.75, 3.05) is 21.2 Å². The van der Waals surface area contributed by atoms with Crippen molar-refractivity contribution in [3.63, 3.8) is 0 Å². The smallest absolute Gasteiger partial charge is 0.274 e. The largest absolute Gasteiger partial charge is 0.508 e. The van der Waals surface area contributed by atoms with Gasteiger partial charge in [0.1, 0.15) is 22.8 Å². The number of hydroxylamine groups is 1. The molecule has 4 atom stereocenters. The number of aromatic hydroxyl groups is 1. The number of Topliss-reactive ketones (excluding diaryl/α,β-unsaturated/α-hetero) is 2. The number of fused-ring (bicyclic) bond motifs is 3. The summed E-state index contributed by atoms with van der Waals surface area (Å²) in [6.07, 6.45) is 0.0872. The van der Waals surface area contributed by atoms with Gasteiger partial charge >= 0.3 is 0 Å². The molecule has 0 radical (unpaired) electrons. The topological polar surface area (TPSA) is 200 Å². The number of carbonyl (C=O) groups is 4. The van der Waals surface area contributed by atoms with Crippen LogP contribution in [0.5, 0.6) is 5.75 Å².